The third kappa shape index (κ3) is 3.67. The van der Waals surface area contributed by atoms with Crippen LogP contribution in [0.5, 0.6) is 0 Å². The summed E-state index contributed by atoms with van der Waals surface area (Å²) in [6.45, 7) is 0. The highest BCUT2D eigenvalue weighted by Crippen LogP contribution is 2.22. The fraction of sp³-hybridized carbons (Fsp3) is 0.438. The average Bonchev–Trinajstić information content (AvgIpc) is 2.88. The number of carbonyl (C=O) groups is 1. The van der Waals surface area contributed by atoms with Gasteiger partial charge < -0.3 is 5.32 Å². The Bertz CT molecular complexity index is 589. The zero-order valence-corrected chi connectivity index (χ0v) is 12.7. The molecule has 0 spiro atoms. The van der Waals surface area contributed by atoms with Gasteiger partial charge in [-0.3, -0.25) is 9.78 Å². The lowest BCUT2D eigenvalue weighted by Gasteiger charge is -2.14. The summed E-state index contributed by atoms with van der Waals surface area (Å²) in [4.78, 5) is 20.7. The van der Waals surface area contributed by atoms with Gasteiger partial charge in [-0.25, -0.2) is 4.98 Å². The van der Waals surface area contributed by atoms with E-state index in [4.69, 9.17) is 0 Å². The first kappa shape index (κ1) is 14.2. The van der Waals surface area contributed by atoms with E-state index in [9.17, 15) is 4.79 Å². The second-order valence-corrected chi connectivity index (χ2v) is 6.29. The molecule has 1 amide bonds. The Labute approximate surface area is 128 Å². The van der Waals surface area contributed by atoms with Crippen LogP contribution in [0.4, 0.5) is 0 Å². The van der Waals surface area contributed by atoms with E-state index in [-0.39, 0.29) is 5.91 Å². The third-order valence-electron chi connectivity index (χ3n) is 3.86. The van der Waals surface area contributed by atoms with Crippen LogP contribution < -0.4 is 5.32 Å². The van der Waals surface area contributed by atoms with Crippen LogP contribution in [0.3, 0.4) is 0 Å². The van der Waals surface area contributed by atoms with Crippen LogP contribution in [-0.4, -0.2) is 21.9 Å². The van der Waals surface area contributed by atoms with Crippen LogP contribution in [0.25, 0.3) is 11.3 Å². The van der Waals surface area contributed by atoms with E-state index >= 15 is 0 Å². The molecule has 1 fully saturated rings. The van der Waals surface area contributed by atoms with Crippen LogP contribution in [-0.2, 0) is 0 Å². The van der Waals surface area contributed by atoms with E-state index in [1.807, 2.05) is 17.5 Å². The van der Waals surface area contributed by atoms with Gasteiger partial charge >= 0.3 is 0 Å². The minimum atomic E-state index is -0.0350. The van der Waals surface area contributed by atoms with Gasteiger partial charge in [-0.15, -0.1) is 11.3 Å². The fourth-order valence-electron chi connectivity index (χ4n) is 2.70. The molecule has 0 radical (unpaired) electrons. The van der Waals surface area contributed by atoms with Gasteiger partial charge in [0.2, 0.25) is 0 Å². The van der Waals surface area contributed by atoms with Gasteiger partial charge in [0, 0.05) is 29.4 Å². The maximum absolute atomic E-state index is 12.3. The molecule has 2 heterocycles. The summed E-state index contributed by atoms with van der Waals surface area (Å²) in [6.07, 6.45) is 10.7. The predicted molar refractivity (Wildman–Crippen MR) is 84.3 cm³/mol. The van der Waals surface area contributed by atoms with E-state index < -0.39 is 0 Å². The highest BCUT2D eigenvalue weighted by Gasteiger charge is 2.18. The van der Waals surface area contributed by atoms with Crippen molar-refractivity contribution in [3.05, 3.63) is 34.9 Å². The molecule has 0 aliphatic heterocycles. The third-order valence-corrected chi connectivity index (χ3v) is 4.71. The second kappa shape index (κ2) is 6.80. The largest absolute Gasteiger partial charge is 0.347 e. The summed E-state index contributed by atoms with van der Waals surface area (Å²) >= 11 is 1.40. The average molecular weight is 301 g/mol. The Morgan fingerprint density at radius 1 is 1.14 bits per heavy atom. The first-order valence-electron chi connectivity index (χ1n) is 7.50. The Balaban J connectivity index is 1.66. The van der Waals surface area contributed by atoms with Crippen LogP contribution in [0.2, 0.25) is 0 Å². The zero-order valence-electron chi connectivity index (χ0n) is 11.9. The van der Waals surface area contributed by atoms with Crippen molar-refractivity contribution in [2.75, 3.05) is 0 Å². The van der Waals surface area contributed by atoms with Gasteiger partial charge in [-0.05, 0) is 25.0 Å². The second-order valence-electron chi connectivity index (χ2n) is 5.44. The maximum atomic E-state index is 12.3. The molecule has 110 valence electrons. The molecule has 1 aliphatic carbocycles. The summed E-state index contributed by atoms with van der Waals surface area (Å²) in [5.74, 6) is -0.0350. The van der Waals surface area contributed by atoms with Crippen molar-refractivity contribution >= 4 is 17.2 Å². The Hall–Kier alpha value is -1.75. The van der Waals surface area contributed by atoms with Crippen molar-refractivity contribution in [1.82, 2.24) is 15.3 Å². The molecule has 1 saturated carbocycles. The monoisotopic (exact) mass is 301 g/mol. The van der Waals surface area contributed by atoms with Crippen molar-refractivity contribution in [2.45, 2.75) is 44.6 Å². The Morgan fingerprint density at radius 3 is 2.57 bits per heavy atom. The maximum Gasteiger partial charge on any atom is 0.280 e. The summed E-state index contributed by atoms with van der Waals surface area (Å²) in [6, 6.07) is 4.12. The molecule has 0 atom stereocenters. The number of amides is 1. The quantitative estimate of drug-likeness (QED) is 0.880. The first-order valence-corrected chi connectivity index (χ1v) is 8.38. The molecule has 0 bridgehead atoms. The number of nitrogens with one attached hydrogen (secondary N) is 1. The van der Waals surface area contributed by atoms with Crippen molar-refractivity contribution in [3.8, 4) is 11.3 Å². The summed E-state index contributed by atoms with van der Waals surface area (Å²) in [5.41, 5.74) is 1.84. The molecule has 3 rings (SSSR count). The number of aromatic nitrogens is 2. The standard InChI is InChI=1S/C16H19N3OS/c20-15(18-13-5-3-1-2-4-6-13)16-19-14(11-21-16)12-7-9-17-10-8-12/h7-11,13H,1-6H2,(H,18,20). The molecule has 4 nitrogen and oxygen atoms in total. The highest BCUT2D eigenvalue weighted by atomic mass is 32.1. The smallest absolute Gasteiger partial charge is 0.280 e. The van der Waals surface area contributed by atoms with Gasteiger partial charge in [-0.2, -0.15) is 0 Å². The minimum Gasteiger partial charge on any atom is -0.347 e. The number of nitrogens with zero attached hydrogens (tertiary/aromatic N) is 2. The first-order chi connectivity index (χ1) is 10.3. The molecular formula is C16H19N3OS. The number of hydrogen-bond acceptors (Lipinski definition) is 4. The van der Waals surface area contributed by atoms with E-state index in [0.29, 0.717) is 11.0 Å². The normalized spacial score (nSPS) is 16.4. The molecule has 2 aromatic rings. The lowest BCUT2D eigenvalue weighted by molar-refractivity contribution is 0.0933. The lowest BCUT2D eigenvalue weighted by atomic mass is 10.1. The van der Waals surface area contributed by atoms with Gasteiger partial charge in [0.05, 0.1) is 5.69 Å². The molecule has 0 saturated heterocycles. The molecule has 5 heteroatoms. The summed E-state index contributed by atoms with van der Waals surface area (Å²) in [5, 5.41) is 5.61. The number of hydrogen-bond donors (Lipinski definition) is 1. The zero-order chi connectivity index (χ0) is 14.5. The van der Waals surface area contributed by atoms with Crippen molar-refractivity contribution < 1.29 is 4.79 Å². The summed E-state index contributed by atoms with van der Waals surface area (Å²) in [7, 11) is 0. The topological polar surface area (TPSA) is 54.9 Å². The van der Waals surface area contributed by atoms with Gasteiger partial charge in [0.25, 0.3) is 5.91 Å². The van der Waals surface area contributed by atoms with Crippen LogP contribution >= 0.6 is 11.3 Å². The molecule has 1 N–H and O–H groups in total. The predicted octanol–water partition coefficient (Wildman–Crippen LogP) is 3.66. The molecule has 0 aromatic carbocycles. The van der Waals surface area contributed by atoms with Crippen molar-refractivity contribution in [2.24, 2.45) is 0 Å². The number of carbonyl (C=O) groups excluding carboxylic acids is 1. The molecule has 1 aliphatic rings. The number of thiazole rings is 1. The van der Waals surface area contributed by atoms with Crippen LogP contribution in [0, 0.1) is 0 Å². The molecule has 21 heavy (non-hydrogen) atoms. The van der Waals surface area contributed by atoms with Crippen LogP contribution in [0.1, 0.15) is 48.3 Å². The van der Waals surface area contributed by atoms with Crippen molar-refractivity contribution in [1.29, 1.82) is 0 Å². The Kier molecular flexibility index (Phi) is 4.60. The van der Waals surface area contributed by atoms with Gasteiger partial charge in [-0.1, -0.05) is 25.7 Å². The molecular weight excluding hydrogens is 282 g/mol. The SMILES string of the molecule is O=C(NC1CCCCCC1)c1nc(-c2ccncc2)cs1. The van der Waals surface area contributed by atoms with E-state index in [2.05, 4.69) is 15.3 Å². The summed E-state index contributed by atoms with van der Waals surface area (Å²) < 4.78 is 0. The number of pyridine rings is 1. The lowest BCUT2D eigenvalue weighted by Crippen LogP contribution is -2.34. The van der Waals surface area contributed by atoms with E-state index in [1.54, 1.807) is 12.4 Å². The fourth-order valence-corrected chi connectivity index (χ4v) is 3.43. The van der Waals surface area contributed by atoms with Crippen molar-refractivity contribution in [3.63, 3.8) is 0 Å². The van der Waals surface area contributed by atoms with Gasteiger partial charge in [0.1, 0.15) is 0 Å². The number of rotatable bonds is 3. The van der Waals surface area contributed by atoms with E-state index in [0.717, 1.165) is 24.1 Å². The Morgan fingerprint density at radius 2 is 1.86 bits per heavy atom. The van der Waals surface area contributed by atoms with E-state index in [1.165, 1.54) is 37.0 Å². The molecule has 2 aromatic heterocycles. The highest BCUT2D eigenvalue weighted by molar-refractivity contribution is 7.12. The van der Waals surface area contributed by atoms with Crippen LogP contribution in [0.15, 0.2) is 29.9 Å². The molecule has 0 unspecified atom stereocenters. The van der Waals surface area contributed by atoms with Gasteiger partial charge in [0.15, 0.2) is 5.01 Å². The minimum absolute atomic E-state index is 0.0350.